The molecule has 1 N–H and O–H groups in total. The third kappa shape index (κ3) is 4.48. The summed E-state index contributed by atoms with van der Waals surface area (Å²) < 4.78 is 11.2. The third-order valence-corrected chi connectivity index (χ3v) is 4.30. The van der Waals surface area contributed by atoms with E-state index in [0.717, 1.165) is 18.0 Å². The SMILES string of the molecule is COc1ccccc1OCc1cc(CNC(C)C)sc1C. The maximum Gasteiger partial charge on any atom is 0.161 e. The van der Waals surface area contributed by atoms with E-state index in [4.69, 9.17) is 9.47 Å². The van der Waals surface area contributed by atoms with Crippen molar-refractivity contribution in [2.45, 2.75) is 40.0 Å². The van der Waals surface area contributed by atoms with Crippen LogP contribution in [0.5, 0.6) is 11.5 Å². The summed E-state index contributed by atoms with van der Waals surface area (Å²) in [6.45, 7) is 7.95. The van der Waals surface area contributed by atoms with Crippen LogP contribution in [0.25, 0.3) is 0 Å². The Hall–Kier alpha value is -1.52. The fraction of sp³-hybridized carbons (Fsp3) is 0.412. The van der Waals surface area contributed by atoms with Crippen molar-refractivity contribution < 1.29 is 9.47 Å². The maximum atomic E-state index is 5.90. The lowest BCUT2D eigenvalue weighted by Gasteiger charge is -2.09. The van der Waals surface area contributed by atoms with Crippen LogP contribution in [-0.4, -0.2) is 13.2 Å². The lowest BCUT2D eigenvalue weighted by atomic mass is 10.2. The summed E-state index contributed by atoms with van der Waals surface area (Å²) in [5.41, 5.74) is 1.24. The number of thiophene rings is 1. The van der Waals surface area contributed by atoms with Crippen LogP contribution < -0.4 is 14.8 Å². The summed E-state index contributed by atoms with van der Waals surface area (Å²) in [6, 6.07) is 10.5. The van der Waals surface area contributed by atoms with E-state index in [1.807, 2.05) is 35.6 Å². The molecule has 0 saturated carbocycles. The van der Waals surface area contributed by atoms with Crippen LogP contribution >= 0.6 is 11.3 Å². The topological polar surface area (TPSA) is 30.5 Å². The van der Waals surface area contributed by atoms with Gasteiger partial charge in [-0.15, -0.1) is 11.3 Å². The van der Waals surface area contributed by atoms with Crippen LogP contribution in [0.2, 0.25) is 0 Å². The highest BCUT2D eigenvalue weighted by Gasteiger charge is 2.08. The van der Waals surface area contributed by atoms with Gasteiger partial charge in [0.05, 0.1) is 7.11 Å². The predicted molar refractivity (Wildman–Crippen MR) is 88.4 cm³/mol. The van der Waals surface area contributed by atoms with Crippen LogP contribution in [0, 0.1) is 6.92 Å². The van der Waals surface area contributed by atoms with Crippen molar-refractivity contribution in [3.63, 3.8) is 0 Å². The van der Waals surface area contributed by atoms with Gasteiger partial charge < -0.3 is 14.8 Å². The minimum absolute atomic E-state index is 0.501. The van der Waals surface area contributed by atoms with Crippen molar-refractivity contribution in [2.75, 3.05) is 7.11 Å². The van der Waals surface area contributed by atoms with Gasteiger partial charge in [0, 0.05) is 27.9 Å². The molecule has 0 atom stereocenters. The van der Waals surface area contributed by atoms with E-state index < -0.39 is 0 Å². The number of hydrogen-bond acceptors (Lipinski definition) is 4. The summed E-state index contributed by atoms with van der Waals surface area (Å²) in [7, 11) is 1.66. The second-order valence-corrected chi connectivity index (χ2v) is 6.61. The van der Waals surface area contributed by atoms with Crippen LogP contribution in [-0.2, 0) is 13.2 Å². The number of rotatable bonds is 7. The summed E-state index contributed by atoms with van der Waals surface area (Å²) in [5, 5.41) is 3.44. The summed E-state index contributed by atoms with van der Waals surface area (Å²) in [6.07, 6.45) is 0. The zero-order valence-electron chi connectivity index (χ0n) is 13.1. The van der Waals surface area contributed by atoms with Crippen LogP contribution in [0.1, 0.15) is 29.2 Å². The molecule has 2 rings (SSSR count). The molecule has 21 heavy (non-hydrogen) atoms. The Morgan fingerprint density at radius 1 is 1.19 bits per heavy atom. The molecule has 0 unspecified atom stereocenters. The van der Waals surface area contributed by atoms with Gasteiger partial charge in [-0.05, 0) is 25.1 Å². The molecule has 114 valence electrons. The number of nitrogens with one attached hydrogen (secondary N) is 1. The monoisotopic (exact) mass is 305 g/mol. The molecular weight excluding hydrogens is 282 g/mol. The highest BCUT2D eigenvalue weighted by Crippen LogP contribution is 2.28. The molecule has 0 fully saturated rings. The van der Waals surface area contributed by atoms with Gasteiger partial charge in [-0.2, -0.15) is 0 Å². The Labute approximate surface area is 130 Å². The molecule has 0 saturated heterocycles. The van der Waals surface area contributed by atoms with E-state index in [1.165, 1.54) is 15.3 Å². The fourth-order valence-corrected chi connectivity index (χ4v) is 3.02. The van der Waals surface area contributed by atoms with Gasteiger partial charge in [0.15, 0.2) is 11.5 Å². The number of hydrogen-bond donors (Lipinski definition) is 1. The zero-order valence-corrected chi connectivity index (χ0v) is 13.9. The van der Waals surface area contributed by atoms with Crippen molar-refractivity contribution in [2.24, 2.45) is 0 Å². The van der Waals surface area contributed by atoms with E-state index in [-0.39, 0.29) is 0 Å². The fourth-order valence-electron chi connectivity index (χ4n) is 2.02. The van der Waals surface area contributed by atoms with Crippen molar-refractivity contribution in [3.8, 4) is 11.5 Å². The summed E-state index contributed by atoms with van der Waals surface area (Å²) >= 11 is 1.83. The Morgan fingerprint density at radius 3 is 2.57 bits per heavy atom. The van der Waals surface area contributed by atoms with Gasteiger partial charge in [0.1, 0.15) is 6.61 Å². The van der Waals surface area contributed by atoms with E-state index in [9.17, 15) is 0 Å². The Balaban J connectivity index is 2.00. The molecule has 0 aliphatic rings. The van der Waals surface area contributed by atoms with Gasteiger partial charge in [-0.3, -0.25) is 0 Å². The third-order valence-electron chi connectivity index (χ3n) is 3.21. The smallest absolute Gasteiger partial charge is 0.161 e. The predicted octanol–water partition coefficient (Wildman–Crippen LogP) is 4.14. The zero-order chi connectivity index (χ0) is 15.2. The van der Waals surface area contributed by atoms with Crippen LogP contribution in [0.4, 0.5) is 0 Å². The Bertz CT molecular complexity index is 578. The first-order valence-corrected chi connectivity index (χ1v) is 7.99. The molecule has 0 aliphatic heterocycles. The first-order valence-electron chi connectivity index (χ1n) is 7.17. The first kappa shape index (κ1) is 15.9. The lowest BCUT2D eigenvalue weighted by Crippen LogP contribution is -2.21. The maximum absolute atomic E-state index is 5.90. The van der Waals surface area contributed by atoms with Gasteiger partial charge >= 0.3 is 0 Å². The van der Waals surface area contributed by atoms with Crippen molar-refractivity contribution in [1.29, 1.82) is 0 Å². The number of benzene rings is 1. The molecule has 4 heteroatoms. The Kier molecular flexibility index (Phi) is 5.65. The summed E-state index contributed by atoms with van der Waals surface area (Å²) in [5.74, 6) is 1.56. The van der Waals surface area contributed by atoms with E-state index in [0.29, 0.717) is 12.6 Å². The highest BCUT2D eigenvalue weighted by molar-refractivity contribution is 7.12. The molecule has 0 amide bonds. The molecule has 1 aromatic heterocycles. The average molecular weight is 305 g/mol. The largest absolute Gasteiger partial charge is 0.493 e. The summed E-state index contributed by atoms with van der Waals surface area (Å²) in [4.78, 5) is 2.66. The minimum atomic E-state index is 0.501. The number of ether oxygens (including phenoxy) is 2. The van der Waals surface area contributed by atoms with Crippen molar-refractivity contribution in [1.82, 2.24) is 5.32 Å². The molecule has 1 heterocycles. The molecule has 0 radical (unpaired) electrons. The molecule has 0 aliphatic carbocycles. The van der Waals surface area contributed by atoms with E-state index in [1.54, 1.807) is 7.11 Å². The molecular formula is C17H23NO2S. The van der Waals surface area contributed by atoms with Gasteiger partial charge in [0.25, 0.3) is 0 Å². The van der Waals surface area contributed by atoms with E-state index in [2.05, 4.69) is 32.2 Å². The molecule has 0 spiro atoms. The van der Waals surface area contributed by atoms with Crippen LogP contribution in [0.3, 0.4) is 0 Å². The standard InChI is InChI=1S/C17H23NO2S/c1-12(2)18-10-15-9-14(13(3)21-15)11-20-17-8-6-5-7-16(17)19-4/h5-9,12,18H,10-11H2,1-4H3. The van der Waals surface area contributed by atoms with Crippen molar-refractivity contribution >= 4 is 11.3 Å². The normalized spacial score (nSPS) is 10.9. The minimum Gasteiger partial charge on any atom is -0.493 e. The van der Waals surface area contributed by atoms with Gasteiger partial charge in [0.2, 0.25) is 0 Å². The lowest BCUT2D eigenvalue weighted by molar-refractivity contribution is 0.284. The van der Waals surface area contributed by atoms with Crippen molar-refractivity contribution in [3.05, 3.63) is 45.6 Å². The average Bonchev–Trinajstić information content (AvgIpc) is 2.83. The van der Waals surface area contributed by atoms with E-state index >= 15 is 0 Å². The highest BCUT2D eigenvalue weighted by atomic mass is 32.1. The molecule has 3 nitrogen and oxygen atoms in total. The van der Waals surface area contributed by atoms with Crippen LogP contribution in [0.15, 0.2) is 30.3 Å². The number of methoxy groups -OCH3 is 1. The number of para-hydroxylation sites is 2. The van der Waals surface area contributed by atoms with Gasteiger partial charge in [-0.1, -0.05) is 26.0 Å². The first-order chi connectivity index (χ1) is 10.1. The molecule has 2 aromatic rings. The quantitative estimate of drug-likeness (QED) is 0.834. The second kappa shape index (κ2) is 7.48. The molecule has 0 bridgehead atoms. The Morgan fingerprint density at radius 2 is 1.90 bits per heavy atom. The molecule has 1 aromatic carbocycles. The van der Waals surface area contributed by atoms with Gasteiger partial charge in [-0.25, -0.2) is 0 Å². The second-order valence-electron chi connectivity index (χ2n) is 5.27. The number of aryl methyl sites for hydroxylation is 1.